The SMILES string of the molecule is [B][C@@H]1C[C@H](CCP(=C)(C)C)[C@@H](O)[C@H]1C. The molecule has 2 radical (unpaired) electrons. The zero-order chi connectivity index (χ0) is 10.9. The van der Waals surface area contributed by atoms with Crippen LogP contribution in [0.4, 0.5) is 0 Å². The molecule has 0 unspecified atom stereocenters. The highest BCUT2D eigenvalue weighted by Crippen LogP contribution is 2.44. The van der Waals surface area contributed by atoms with Gasteiger partial charge in [-0.2, -0.15) is 0 Å². The summed E-state index contributed by atoms with van der Waals surface area (Å²) in [6.07, 6.45) is 7.27. The maximum atomic E-state index is 9.94. The molecule has 0 bridgehead atoms. The summed E-state index contributed by atoms with van der Waals surface area (Å²) in [5.41, 5.74) is 0. The average molecular weight is 212 g/mol. The molecule has 0 spiro atoms. The second-order valence-corrected chi connectivity index (χ2v) is 9.78. The molecular formula is C11H22BOP. The van der Waals surface area contributed by atoms with Gasteiger partial charge < -0.3 is 5.11 Å². The molecule has 0 aromatic heterocycles. The highest BCUT2D eigenvalue weighted by Gasteiger charge is 2.36. The molecule has 1 nitrogen and oxygen atoms in total. The lowest BCUT2D eigenvalue weighted by atomic mass is 9.79. The molecule has 1 aliphatic carbocycles. The van der Waals surface area contributed by atoms with Crippen LogP contribution in [0.1, 0.15) is 19.8 Å². The monoisotopic (exact) mass is 212 g/mol. The number of rotatable bonds is 3. The van der Waals surface area contributed by atoms with Gasteiger partial charge in [0.2, 0.25) is 0 Å². The molecule has 0 aromatic rings. The van der Waals surface area contributed by atoms with Gasteiger partial charge in [0.15, 0.2) is 0 Å². The largest absolute Gasteiger partial charge is 0.393 e. The minimum absolute atomic E-state index is 0.184. The number of aliphatic hydroxyl groups excluding tert-OH is 1. The molecule has 0 aromatic carbocycles. The minimum atomic E-state index is -0.936. The normalized spacial score (nSPS) is 38.9. The lowest BCUT2D eigenvalue weighted by Gasteiger charge is -2.20. The maximum Gasteiger partial charge on any atom is 0.0704 e. The summed E-state index contributed by atoms with van der Waals surface area (Å²) in [5.74, 6) is 0.883. The second-order valence-electron chi connectivity index (χ2n) is 5.46. The first-order valence-corrected chi connectivity index (χ1v) is 8.47. The molecule has 1 aliphatic rings. The molecule has 1 rings (SSSR count). The van der Waals surface area contributed by atoms with Gasteiger partial charge in [-0.3, -0.25) is 0 Å². The Kier molecular flexibility index (Phi) is 3.94. The Bertz CT molecular complexity index is 235. The number of hydrogen-bond acceptors (Lipinski definition) is 1. The van der Waals surface area contributed by atoms with Crippen molar-refractivity contribution in [3.05, 3.63) is 0 Å². The van der Waals surface area contributed by atoms with Gasteiger partial charge in [-0.15, -0.1) is 13.2 Å². The van der Waals surface area contributed by atoms with Crippen LogP contribution < -0.4 is 0 Å². The van der Waals surface area contributed by atoms with Crippen molar-refractivity contribution in [1.29, 1.82) is 0 Å². The van der Waals surface area contributed by atoms with E-state index in [1.54, 1.807) is 0 Å². The van der Waals surface area contributed by atoms with E-state index < -0.39 is 6.89 Å². The van der Waals surface area contributed by atoms with E-state index in [9.17, 15) is 5.11 Å². The molecule has 14 heavy (non-hydrogen) atoms. The van der Waals surface area contributed by atoms with Gasteiger partial charge in [0, 0.05) is 0 Å². The summed E-state index contributed by atoms with van der Waals surface area (Å²) in [6.45, 7) is 5.61. The van der Waals surface area contributed by atoms with Crippen LogP contribution >= 0.6 is 6.89 Å². The number of aliphatic hydroxyl groups is 1. The summed E-state index contributed by atoms with van der Waals surface area (Å²) in [4.78, 5) is 0. The Labute approximate surface area is 89.7 Å². The predicted octanol–water partition coefficient (Wildman–Crippen LogP) is 2.06. The molecule has 0 saturated heterocycles. The van der Waals surface area contributed by atoms with Gasteiger partial charge in [0.25, 0.3) is 0 Å². The van der Waals surface area contributed by atoms with Crippen LogP contribution in [0.5, 0.6) is 0 Å². The molecule has 80 valence electrons. The standard InChI is InChI=1S/C11H22BOP/c1-8-10(12)7-9(11(8)13)5-6-14(2,3)4/h8-11,13H,2,5-7H2,1,3-4H3/t8-,9-,10+,11-/m0/s1. The van der Waals surface area contributed by atoms with Gasteiger partial charge >= 0.3 is 0 Å². The topological polar surface area (TPSA) is 20.2 Å². The van der Waals surface area contributed by atoms with E-state index in [0.29, 0.717) is 5.92 Å². The van der Waals surface area contributed by atoms with Gasteiger partial charge in [-0.05, 0) is 37.7 Å². The summed E-state index contributed by atoms with van der Waals surface area (Å²) in [7, 11) is 5.93. The smallest absolute Gasteiger partial charge is 0.0704 e. The third kappa shape index (κ3) is 3.17. The van der Waals surface area contributed by atoms with E-state index in [2.05, 4.69) is 26.6 Å². The van der Waals surface area contributed by atoms with Crippen molar-refractivity contribution in [3.63, 3.8) is 0 Å². The Balaban J connectivity index is 2.44. The molecule has 0 amide bonds. The predicted molar refractivity (Wildman–Crippen MR) is 68.2 cm³/mol. The Morgan fingerprint density at radius 1 is 1.50 bits per heavy atom. The Morgan fingerprint density at radius 3 is 2.43 bits per heavy atom. The molecule has 4 atom stereocenters. The van der Waals surface area contributed by atoms with E-state index in [4.69, 9.17) is 7.85 Å². The average Bonchev–Trinajstić information content (AvgIpc) is 2.28. The van der Waals surface area contributed by atoms with E-state index in [1.165, 1.54) is 6.16 Å². The molecule has 1 saturated carbocycles. The van der Waals surface area contributed by atoms with Gasteiger partial charge in [-0.1, -0.05) is 19.2 Å². The first-order chi connectivity index (χ1) is 6.31. The molecular weight excluding hydrogens is 190 g/mol. The third-order valence-corrected chi connectivity index (χ3v) is 4.85. The molecule has 0 aliphatic heterocycles. The summed E-state index contributed by atoms with van der Waals surface area (Å²) in [6, 6.07) is 0. The van der Waals surface area contributed by atoms with Crippen LogP contribution in [-0.4, -0.2) is 44.8 Å². The quantitative estimate of drug-likeness (QED) is 0.560. The van der Waals surface area contributed by atoms with Crippen molar-refractivity contribution < 1.29 is 5.11 Å². The van der Waals surface area contributed by atoms with Crippen molar-refractivity contribution in [2.24, 2.45) is 11.8 Å². The summed E-state index contributed by atoms with van der Waals surface area (Å²) >= 11 is 0. The zero-order valence-corrected chi connectivity index (χ0v) is 10.5. The van der Waals surface area contributed by atoms with Crippen LogP contribution in [-0.2, 0) is 0 Å². The van der Waals surface area contributed by atoms with Crippen LogP contribution in [0.2, 0.25) is 5.82 Å². The van der Waals surface area contributed by atoms with Crippen LogP contribution in [0.3, 0.4) is 0 Å². The van der Waals surface area contributed by atoms with Crippen molar-refractivity contribution in [2.75, 3.05) is 19.5 Å². The highest BCUT2D eigenvalue weighted by molar-refractivity contribution is 7.72. The van der Waals surface area contributed by atoms with Gasteiger partial charge in [0.05, 0.1) is 14.0 Å². The highest BCUT2D eigenvalue weighted by atomic mass is 31.2. The fourth-order valence-corrected chi connectivity index (χ4v) is 3.22. The summed E-state index contributed by atoms with van der Waals surface area (Å²) in [5, 5.41) is 9.94. The van der Waals surface area contributed by atoms with E-state index in [-0.39, 0.29) is 17.8 Å². The van der Waals surface area contributed by atoms with Crippen molar-refractivity contribution in [1.82, 2.24) is 0 Å². The Morgan fingerprint density at radius 2 is 2.07 bits per heavy atom. The first-order valence-electron chi connectivity index (χ1n) is 5.42. The second kappa shape index (κ2) is 4.45. The van der Waals surface area contributed by atoms with E-state index >= 15 is 0 Å². The van der Waals surface area contributed by atoms with Crippen molar-refractivity contribution >= 4 is 21.0 Å². The van der Waals surface area contributed by atoms with Crippen molar-refractivity contribution in [2.45, 2.75) is 31.7 Å². The molecule has 3 heteroatoms. The fraction of sp³-hybridized carbons (Fsp3) is 0.909. The molecule has 0 heterocycles. The Hall–Kier alpha value is 0.325. The molecule has 1 fully saturated rings. The van der Waals surface area contributed by atoms with Gasteiger partial charge in [0.1, 0.15) is 0 Å². The lowest BCUT2D eigenvalue weighted by Crippen LogP contribution is -2.20. The van der Waals surface area contributed by atoms with Crippen LogP contribution in [0, 0.1) is 11.8 Å². The maximum absolute atomic E-state index is 9.94. The van der Waals surface area contributed by atoms with E-state index in [1.807, 2.05) is 0 Å². The third-order valence-electron chi connectivity index (χ3n) is 3.38. The lowest BCUT2D eigenvalue weighted by molar-refractivity contribution is 0.0967. The number of hydrogen-bond donors (Lipinski definition) is 1. The minimum Gasteiger partial charge on any atom is -0.393 e. The molecule has 1 N–H and O–H groups in total. The first kappa shape index (κ1) is 12.4. The summed E-state index contributed by atoms with van der Waals surface area (Å²) < 4.78 is 0. The van der Waals surface area contributed by atoms with Crippen molar-refractivity contribution in [3.8, 4) is 0 Å². The fourth-order valence-electron chi connectivity index (χ4n) is 2.19. The van der Waals surface area contributed by atoms with Crippen LogP contribution in [0.25, 0.3) is 0 Å². The van der Waals surface area contributed by atoms with Gasteiger partial charge in [-0.25, -0.2) is 0 Å². The zero-order valence-electron chi connectivity index (χ0n) is 9.61. The van der Waals surface area contributed by atoms with Crippen LogP contribution in [0.15, 0.2) is 0 Å². The van der Waals surface area contributed by atoms with E-state index in [0.717, 1.165) is 12.8 Å².